The molecule has 0 unspecified atom stereocenters. The number of hydrogen-bond acceptors (Lipinski definition) is 7. The zero-order valence-corrected chi connectivity index (χ0v) is 18.2. The zero-order valence-electron chi connectivity index (χ0n) is 18.2. The lowest BCUT2D eigenvalue weighted by molar-refractivity contribution is 0.0734. The van der Waals surface area contributed by atoms with Gasteiger partial charge in [-0.05, 0) is 30.3 Å². The molecule has 0 bridgehead atoms. The third-order valence-electron chi connectivity index (χ3n) is 5.53. The van der Waals surface area contributed by atoms with Crippen molar-refractivity contribution in [2.75, 3.05) is 38.2 Å². The molecule has 0 saturated carbocycles. The van der Waals surface area contributed by atoms with E-state index in [1.54, 1.807) is 35.2 Å². The quantitative estimate of drug-likeness (QED) is 0.470. The van der Waals surface area contributed by atoms with Crippen LogP contribution in [0, 0.1) is 0 Å². The molecular weight excluding hydrogens is 418 g/mol. The summed E-state index contributed by atoms with van der Waals surface area (Å²) in [6, 6.07) is 19.0. The second-order valence-corrected chi connectivity index (χ2v) is 7.57. The number of benzene rings is 2. The summed E-state index contributed by atoms with van der Waals surface area (Å²) in [6.45, 7) is 2.40. The predicted octanol–water partition coefficient (Wildman–Crippen LogP) is 2.70. The van der Waals surface area contributed by atoms with Crippen molar-refractivity contribution < 1.29 is 9.53 Å². The van der Waals surface area contributed by atoms with Gasteiger partial charge in [0.05, 0.1) is 12.8 Å². The third kappa shape index (κ3) is 4.25. The van der Waals surface area contributed by atoms with Crippen molar-refractivity contribution in [2.24, 2.45) is 0 Å². The fourth-order valence-electron chi connectivity index (χ4n) is 3.81. The van der Waals surface area contributed by atoms with Crippen LogP contribution in [0.25, 0.3) is 17.1 Å². The van der Waals surface area contributed by atoms with Gasteiger partial charge in [-0.15, -0.1) is 5.10 Å². The van der Waals surface area contributed by atoms with E-state index < -0.39 is 0 Å². The molecule has 166 valence electrons. The first-order chi connectivity index (χ1) is 16.2. The van der Waals surface area contributed by atoms with Crippen LogP contribution in [0.15, 0.2) is 73.1 Å². The van der Waals surface area contributed by atoms with Gasteiger partial charge in [-0.1, -0.05) is 30.3 Å². The summed E-state index contributed by atoms with van der Waals surface area (Å²) in [4.78, 5) is 30.4. The second kappa shape index (κ2) is 9.07. The predicted molar refractivity (Wildman–Crippen MR) is 123 cm³/mol. The number of carbonyl (C=O) groups excluding carboxylic acids is 1. The van der Waals surface area contributed by atoms with Crippen molar-refractivity contribution in [2.45, 2.75) is 0 Å². The topological polar surface area (TPSA) is 89.3 Å². The maximum Gasteiger partial charge on any atom is 0.293 e. The minimum atomic E-state index is -0.192. The maximum atomic E-state index is 13.3. The van der Waals surface area contributed by atoms with E-state index in [4.69, 9.17) is 4.74 Å². The number of rotatable bonds is 5. The van der Waals surface area contributed by atoms with Gasteiger partial charge in [0.2, 0.25) is 11.8 Å². The van der Waals surface area contributed by atoms with Crippen molar-refractivity contribution in [3.8, 4) is 22.8 Å². The molecule has 0 spiro atoms. The number of anilines is 1. The minimum Gasteiger partial charge on any atom is -0.497 e. The van der Waals surface area contributed by atoms with Crippen LogP contribution in [0.2, 0.25) is 0 Å². The van der Waals surface area contributed by atoms with E-state index in [0.29, 0.717) is 43.7 Å². The maximum absolute atomic E-state index is 13.3. The number of ether oxygens (including phenoxy) is 1. The zero-order chi connectivity index (χ0) is 22.6. The van der Waals surface area contributed by atoms with Crippen molar-refractivity contribution in [1.29, 1.82) is 0 Å². The van der Waals surface area contributed by atoms with Crippen LogP contribution < -0.4 is 9.64 Å². The van der Waals surface area contributed by atoms with Gasteiger partial charge in [-0.3, -0.25) is 4.79 Å². The molecule has 0 atom stereocenters. The summed E-state index contributed by atoms with van der Waals surface area (Å²) in [5.41, 5.74) is 1.64. The van der Waals surface area contributed by atoms with Gasteiger partial charge in [0, 0.05) is 44.1 Å². The summed E-state index contributed by atoms with van der Waals surface area (Å²) in [6.07, 6.45) is 3.44. The molecule has 1 amide bonds. The van der Waals surface area contributed by atoms with Crippen molar-refractivity contribution >= 4 is 11.9 Å². The summed E-state index contributed by atoms with van der Waals surface area (Å²) < 4.78 is 7.07. The molecular formula is C24H23N7O2. The molecule has 3 heterocycles. The number of para-hydroxylation sites is 1. The molecule has 2 aromatic carbocycles. The number of aromatic nitrogens is 5. The molecule has 4 aromatic rings. The lowest BCUT2D eigenvalue weighted by atomic mass is 10.2. The van der Waals surface area contributed by atoms with E-state index >= 15 is 0 Å². The van der Waals surface area contributed by atoms with E-state index in [2.05, 4.69) is 25.0 Å². The number of methoxy groups -OCH3 is 1. The second-order valence-electron chi connectivity index (χ2n) is 7.57. The Morgan fingerprint density at radius 3 is 2.39 bits per heavy atom. The van der Waals surface area contributed by atoms with Gasteiger partial charge in [0.1, 0.15) is 5.75 Å². The van der Waals surface area contributed by atoms with Gasteiger partial charge in [0.15, 0.2) is 5.82 Å². The molecule has 1 fully saturated rings. The molecule has 0 radical (unpaired) electrons. The Hall–Kier alpha value is -4.27. The summed E-state index contributed by atoms with van der Waals surface area (Å²) in [5, 5.41) is 4.60. The first-order valence-corrected chi connectivity index (χ1v) is 10.7. The lowest BCUT2D eigenvalue weighted by Gasteiger charge is -2.34. The number of piperazine rings is 1. The smallest absolute Gasteiger partial charge is 0.293 e. The standard InChI is InChI=1S/C24H23N7O2/c1-33-20-10-5-7-18(17-20)22-27-21(28-31(22)19-8-3-2-4-9-19)23(32)29-13-15-30(16-14-29)24-25-11-6-12-26-24/h2-12,17H,13-16H2,1H3. The SMILES string of the molecule is COc1cccc(-c2nc(C(=O)N3CCN(c4ncccn4)CC3)nn2-c2ccccc2)c1. The van der Waals surface area contributed by atoms with E-state index in [0.717, 1.165) is 11.3 Å². The van der Waals surface area contributed by atoms with E-state index in [-0.39, 0.29) is 11.7 Å². The van der Waals surface area contributed by atoms with Gasteiger partial charge in [-0.25, -0.2) is 19.6 Å². The number of hydrogen-bond donors (Lipinski definition) is 0. The first-order valence-electron chi connectivity index (χ1n) is 10.7. The fraction of sp³-hybridized carbons (Fsp3) is 0.208. The summed E-state index contributed by atoms with van der Waals surface area (Å²) >= 11 is 0. The Balaban J connectivity index is 1.42. The molecule has 9 heteroatoms. The van der Waals surface area contributed by atoms with Crippen LogP contribution in [0.1, 0.15) is 10.6 Å². The van der Waals surface area contributed by atoms with Crippen molar-refractivity contribution in [3.63, 3.8) is 0 Å². The van der Waals surface area contributed by atoms with Crippen LogP contribution in [0.4, 0.5) is 5.95 Å². The van der Waals surface area contributed by atoms with E-state index in [1.165, 1.54) is 0 Å². The molecule has 1 saturated heterocycles. The highest BCUT2D eigenvalue weighted by Crippen LogP contribution is 2.25. The van der Waals surface area contributed by atoms with Crippen LogP contribution in [0.5, 0.6) is 5.75 Å². The first kappa shape index (κ1) is 20.6. The van der Waals surface area contributed by atoms with Crippen LogP contribution in [-0.4, -0.2) is 68.8 Å². The molecule has 9 nitrogen and oxygen atoms in total. The highest BCUT2D eigenvalue weighted by Gasteiger charge is 2.27. The third-order valence-corrected chi connectivity index (χ3v) is 5.53. The number of carbonyl (C=O) groups is 1. The Morgan fingerprint density at radius 2 is 1.67 bits per heavy atom. The van der Waals surface area contributed by atoms with Gasteiger partial charge in [-0.2, -0.15) is 0 Å². The fourth-order valence-corrected chi connectivity index (χ4v) is 3.81. The lowest BCUT2D eigenvalue weighted by Crippen LogP contribution is -2.49. The number of amides is 1. The highest BCUT2D eigenvalue weighted by molar-refractivity contribution is 5.91. The summed E-state index contributed by atoms with van der Waals surface area (Å²) in [7, 11) is 1.62. The molecule has 5 rings (SSSR count). The molecule has 1 aliphatic rings. The van der Waals surface area contributed by atoms with Crippen LogP contribution in [-0.2, 0) is 0 Å². The monoisotopic (exact) mass is 441 g/mol. The molecule has 1 aliphatic heterocycles. The van der Waals surface area contributed by atoms with Crippen LogP contribution in [0.3, 0.4) is 0 Å². The van der Waals surface area contributed by atoms with Gasteiger partial charge in [0.25, 0.3) is 5.91 Å². The Bertz CT molecular complexity index is 1240. The van der Waals surface area contributed by atoms with Crippen molar-refractivity contribution in [3.05, 3.63) is 78.9 Å². The van der Waals surface area contributed by atoms with Crippen molar-refractivity contribution in [1.82, 2.24) is 29.6 Å². The van der Waals surface area contributed by atoms with Crippen LogP contribution >= 0.6 is 0 Å². The summed E-state index contributed by atoms with van der Waals surface area (Å²) in [5.74, 6) is 1.95. The Kier molecular flexibility index (Phi) is 5.67. The molecule has 0 aliphatic carbocycles. The average molecular weight is 441 g/mol. The Morgan fingerprint density at radius 1 is 0.909 bits per heavy atom. The van der Waals surface area contributed by atoms with E-state index in [9.17, 15) is 4.79 Å². The highest BCUT2D eigenvalue weighted by atomic mass is 16.5. The number of nitrogens with zero attached hydrogens (tertiary/aromatic N) is 7. The molecule has 0 N–H and O–H groups in total. The molecule has 33 heavy (non-hydrogen) atoms. The normalized spacial score (nSPS) is 13.7. The minimum absolute atomic E-state index is 0.168. The van der Waals surface area contributed by atoms with Gasteiger partial charge >= 0.3 is 0 Å². The average Bonchev–Trinajstić information content (AvgIpc) is 3.35. The molecule has 2 aromatic heterocycles. The van der Waals surface area contributed by atoms with Gasteiger partial charge < -0.3 is 14.5 Å². The Labute approximate surface area is 191 Å². The van der Waals surface area contributed by atoms with E-state index in [1.807, 2.05) is 54.6 Å². The largest absolute Gasteiger partial charge is 0.497 e.